The van der Waals surface area contributed by atoms with Crippen molar-refractivity contribution in [2.24, 2.45) is 5.73 Å². The number of rotatable bonds is 1. The van der Waals surface area contributed by atoms with Crippen LogP contribution in [-0.2, 0) is 0 Å². The first kappa shape index (κ1) is 12.2. The molecule has 0 radical (unpaired) electrons. The molecule has 14 heavy (non-hydrogen) atoms. The first-order valence-corrected chi connectivity index (χ1v) is 3.74. The second kappa shape index (κ2) is 5.76. The molecule has 0 fully saturated rings. The zero-order chi connectivity index (χ0) is 11.1. The number of nitrogens with two attached hydrogens (primary N) is 1. The number of nitrogen functional groups attached to an aromatic ring is 1. The minimum absolute atomic E-state index is 0.0440. The minimum atomic E-state index is -1.50. The number of amidine groups is 1. The molecule has 1 rings (SSSR count). The highest BCUT2D eigenvalue weighted by atomic mass is 35.5. The molecule has 6 nitrogen and oxygen atoms in total. The molecule has 0 unspecified atom stereocenters. The van der Waals surface area contributed by atoms with Gasteiger partial charge in [-0.2, -0.15) is 0 Å². The molecule has 0 bridgehead atoms. The molecule has 0 saturated heterocycles. The van der Waals surface area contributed by atoms with E-state index >= 15 is 0 Å². The molecule has 0 saturated carbocycles. The Hall–Kier alpha value is -1.82. The predicted octanol–water partition coefficient (Wildman–Crippen LogP) is 1.28. The molecular formula is C7H8ClN3O3. The van der Waals surface area contributed by atoms with E-state index in [-0.39, 0.29) is 5.84 Å². The highest BCUT2D eigenvalue weighted by Crippen LogP contribution is 2.09. The van der Waals surface area contributed by atoms with Crippen molar-refractivity contribution >= 4 is 17.4 Å². The summed E-state index contributed by atoms with van der Waals surface area (Å²) in [7, 11) is 0. The van der Waals surface area contributed by atoms with Crippen LogP contribution >= 0.6 is 11.6 Å². The molecule has 0 heterocycles. The summed E-state index contributed by atoms with van der Waals surface area (Å²) in [6.07, 6.45) is 0. The van der Waals surface area contributed by atoms with Crippen molar-refractivity contribution < 1.29 is 10.3 Å². The smallest absolute Gasteiger partial charge is 0.291 e. The lowest BCUT2D eigenvalue weighted by atomic mass is 10.2. The van der Waals surface area contributed by atoms with Crippen LogP contribution in [0, 0.1) is 15.5 Å². The Kier molecular flexibility index (Phi) is 5.01. The standard InChI is InChI=1S/C7H7ClN2.HNO3/c8-6-3-1-2-5(4-6)7(9)10;2-1(3)4/h1-4H,(H3,9,10);(H,2,3,4). The molecule has 0 amide bonds. The molecule has 76 valence electrons. The Balaban J connectivity index is 0.000000364. The van der Waals surface area contributed by atoms with E-state index < -0.39 is 5.09 Å². The summed E-state index contributed by atoms with van der Waals surface area (Å²) in [5.41, 5.74) is 5.87. The van der Waals surface area contributed by atoms with Gasteiger partial charge in [-0.1, -0.05) is 23.7 Å². The van der Waals surface area contributed by atoms with Gasteiger partial charge in [-0.15, -0.1) is 10.1 Å². The fourth-order valence-electron chi connectivity index (χ4n) is 0.656. The first-order chi connectivity index (χ1) is 6.43. The number of nitrogens with zero attached hydrogens (tertiary/aromatic N) is 1. The summed E-state index contributed by atoms with van der Waals surface area (Å²) in [5, 5.41) is 21.3. The Morgan fingerprint density at radius 1 is 1.64 bits per heavy atom. The van der Waals surface area contributed by atoms with E-state index in [1.54, 1.807) is 24.3 Å². The maximum Gasteiger partial charge on any atom is 0.291 e. The maximum atomic E-state index is 8.36. The van der Waals surface area contributed by atoms with Crippen LogP contribution in [0.5, 0.6) is 0 Å². The van der Waals surface area contributed by atoms with Crippen molar-refractivity contribution in [1.82, 2.24) is 0 Å². The number of halogens is 1. The van der Waals surface area contributed by atoms with Gasteiger partial charge in [-0.05, 0) is 12.1 Å². The van der Waals surface area contributed by atoms with Crippen LogP contribution in [0.2, 0.25) is 5.02 Å². The van der Waals surface area contributed by atoms with Crippen LogP contribution in [0.15, 0.2) is 24.3 Å². The van der Waals surface area contributed by atoms with E-state index in [4.69, 9.17) is 38.1 Å². The largest absolute Gasteiger partial charge is 0.384 e. The summed E-state index contributed by atoms with van der Waals surface area (Å²) < 4.78 is 0. The molecule has 0 aliphatic carbocycles. The molecule has 0 atom stereocenters. The van der Waals surface area contributed by atoms with Gasteiger partial charge in [0.25, 0.3) is 5.09 Å². The molecule has 1 aromatic rings. The van der Waals surface area contributed by atoms with E-state index in [2.05, 4.69) is 0 Å². The number of hydrogen-bond acceptors (Lipinski definition) is 3. The third-order valence-electron chi connectivity index (χ3n) is 1.14. The molecule has 0 spiro atoms. The quantitative estimate of drug-likeness (QED) is 0.285. The van der Waals surface area contributed by atoms with Crippen LogP contribution in [-0.4, -0.2) is 16.1 Å². The molecule has 0 aliphatic heterocycles. The van der Waals surface area contributed by atoms with Gasteiger partial charge >= 0.3 is 0 Å². The monoisotopic (exact) mass is 217 g/mol. The lowest BCUT2D eigenvalue weighted by molar-refractivity contribution is -0.742. The first-order valence-electron chi connectivity index (χ1n) is 3.36. The molecule has 4 N–H and O–H groups in total. The van der Waals surface area contributed by atoms with E-state index in [1.165, 1.54) is 0 Å². The lowest BCUT2D eigenvalue weighted by Gasteiger charge is -1.96. The highest BCUT2D eigenvalue weighted by Gasteiger charge is 1.94. The van der Waals surface area contributed by atoms with Gasteiger partial charge in [0.15, 0.2) is 0 Å². The number of hydrogen-bond donors (Lipinski definition) is 3. The highest BCUT2D eigenvalue weighted by molar-refractivity contribution is 6.30. The SMILES string of the molecule is N=C(N)c1cccc(Cl)c1.O=[N+]([O-])O. The Morgan fingerprint density at radius 2 is 2.14 bits per heavy atom. The number of nitrogens with one attached hydrogen (secondary N) is 1. The molecular weight excluding hydrogens is 210 g/mol. The third kappa shape index (κ3) is 5.78. The zero-order valence-corrected chi connectivity index (χ0v) is 7.73. The topological polar surface area (TPSA) is 113 Å². The minimum Gasteiger partial charge on any atom is -0.384 e. The van der Waals surface area contributed by atoms with Crippen LogP contribution in [0.25, 0.3) is 0 Å². The second-order valence-electron chi connectivity index (χ2n) is 2.16. The van der Waals surface area contributed by atoms with E-state index in [9.17, 15) is 0 Å². The molecule has 0 aromatic heterocycles. The lowest BCUT2D eigenvalue weighted by Crippen LogP contribution is -2.10. The van der Waals surface area contributed by atoms with Crippen LogP contribution in [0.1, 0.15) is 5.56 Å². The van der Waals surface area contributed by atoms with Crippen LogP contribution in [0.4, 0.5) is 0 Å². The third-order valence-corrected chi connectivity index (χ3v) is 1.37. The molecule has 0 aliphatic rings. The van der Waals surface area contributed by atoms with Gasteiger partial charge < -0.3 is 10.9 Å². The average molecular weight is 218 g/mol. The van der Waals surface area contributed by atoms with E-state index in [1.807, 2.05) is 0 Å². The summed E-state index contributed by atoms with van der Waals surface area (Å²) in [6, 6.07) is 6.91. The van der Waals surface area contributed by atoms with Gasteiger partial charge in [0.05, 0.1) is 0 Å². The van der Waals surface area contributed by atoms with Gasteiger partial charge in [0.1, 0.15) is 5.84 Å². The molecule has 7 heteroatoms. The van der Waals surface area contributed by atoms with Gasteiger partial charge in [-0.25, -0.2) is 0 Å². The maximum absolute atomic E-state index is 8.36. The Labute approximate surface area is 84.5 Å². The summed E-state index contributed by atoms with van der Waals surface area (Å²) in [6.45, 7) is 0. The van der Waals surface area contributed by atoms with Gasteiger partial charge in [0, 0.05) is 10.6 Å². The van der Waals surface area contributed by atoms with Gasteiger partial charge in [0.2, 0.25) is 0 Å². The van der Waals surface area contributed by atoms with E-state index in [0.717, 1.165) is 0 Å². The average Bonchev–Trinajstić information content (AvgIpc) is 2.03. The Bertz CT molecular complexity index is 339. The Morgan fingerprint density at radius 3 is 2.43 bits per heavy atom. The van der Waals surface area contributed by atoms with Crippen molar-refractivity contribution in [3.05, 3.63) is 45.0 Å². The second-order valence-corrected chi connectivity index (χ2v) is 2.60. The van der Waals surface area contributed by atoms with E-state index in [0.29, 0.717) is 10.6 Å². The van der Waals surface area contributed by atoms with Crippen molar-refractivity contribution in [3.63, 3.8) is 0 Å². The van der Waals surface area contributed by atoms with Crippen molar-refractivity contribution in [2.75, 3.05) is 0 Å². The van der Waals surface area contributed by atoms with Crippen LogP contribution in [0.3, 0.4) is 0 Å². The van der Waals surface area contributed by atoms with Crippen molar-refractivity contribution in [1.29, 1.82) is 5.41 Å². The fraction of sp³-hybridized carbons (Fsp3) is 0. The normalized spacial score (nSPS) is 8.36. The predicted molar refractivity (Wildman–Crippen MR) is 51.2 cm³/mol. The number of benzene rings is 1. The summed E-state index contributed by atoms with van der Waals surface area (Å²) in [4.78, 5) is 8.36. The summed E-state index contributed by atoms with van der Waals surface area (Å²) in [5.74, 6) is 0.0440. The summed E-state index contributed by atoms with van der Waals surface area (Å²) >= 11 is 5.64. The molecule has 1 aromatic carbocycles. The van der Waals surface area contributed by atoms with Crippen LogP contribution < -0.4 is 5.73 Å². The van der Waals surface area contributed by atoms with Crippen molar-refractivity contribution in [2.45, 2.75) is 0 Å². The van der Waals surface area contributed by atoms with Crippen molar-refractivity contribution in [3.8, 4) is 0 Å². The fourth-order valence-corrected chi connectivity index (χ4v) is 0.846. The van der Waals surface area contributed by atoms with Gasteiger partial charge in [-0.3, -0.25) is 5.41 Å². The zero-order valence-electron chi connectivity index (χ0n) is 6.98.